The lowest BCUT2D eigenvalue weighted by Gasteiger charge is -2.09. The number of carbonyl (C=O) groups excluding carboxylic acids is 1. The van der Waals surface area contributed by atoms with Crippen LogP contribution < -0.4 is 10.1 Å². The standard InChI is InChI=1S/C17H15F5N2O2/c18-13-4-1-11(7-14(13)19)2-5-15(25)23-8-12-3-6-16(24-9-12)26-10-17(20,21)22/h1,3-4,6-7,9H,2,5,8,10H2,(H,23,25). The zero-order valence-corrected chi connectivity index (χ0v) is 13.4. The van der Waals surface area contributed by atoms with Crippen LogP contribution in [0, 0.1) is 11.6 Å². The van der Waals surface area contributed by atoms with Crippen LogP contribution in [0.1, 0.15) is 17.5 Å². The number of pyridine rings is 1. The van der Waals surface area contributed by atoms with Gasteiger partial charge in [0.2, 0.25) is 11.8 Å². The monoisotopic (exact) mass is 374 g/mol. The first-order valence-corrected chi connectivity index (χ1v) is 7.58. The number of benzene rings is 1. The fourth-order valence-electron chi connectivity index (χ4n) is 2.00. The lowest BCUT2D eigenvalue weighted by Crippen LogP contribution is -2.23. The Morgan fingerprint density at radius 3 is 2.42 bits per heavy atom. The summed E-state index contributed by atoms with van der Waals surface area (Å²) in [5, 5.41) is 2.60. The van der Waals surface area contributed by atoms with Gasteiger partial charge in [-0.3, -0.25) is 4.79 Å². The summed E-state index contributed by atoms with van der Waals surface area (Å²) in [7, 11) is 0. The number of halogens is 5. The highest BCUT2D eigenvalue weighted by Crippen LogP contribution is 2.17. The van der Waals surface area contributed by atoms with Gasteiger partial charge in [0.15, 0.2) is 18.2 Å². The molecule has 0 fully saturated rings. The van der Waals surface area contributed by atoms with Crippen molar-refractivity contribution in [2.45, 2.75) is 25.6 Å². The molecular weight excluding hydrogens is 359 g/mol. The van der Waals surface area contributed by atoms with E-state index in [9.17, 15) is 26.7 Å². The number of carbonyl (C=O) groups is 1. The molecule has 1 N–H and O–H groups in total. The van der Waals surface area contributed by atoms with Crippen molar-refractivity contribution in [1.82, 2.24) is 10.3 Å². The van der Waals surface area contributed by atoms with Gasteiger partial charge in [-0.25, -0.2) is 13.8 Å². The molecule has 26 heavy (non-hydrogen) atoms. The number of rotatable bonds is 7. The second-order valence-corrected chi connectivity index (χ2v) is 5.43. The highest BCUT2D eigenvalue weighted by molar-refractivity contribution is 5.76. The Balaban J connectivity index is 1.75. The van der Waals surface area contributed by atoms with Crippen LogP contribution in [0.25, 0.3) is 0 Å². The summed E-state index contributed by atoms with van der Waals surface area (Å²) >= 11 is 0. The molecule has 0 atom stereocenters. The van der Waals surface area contributed by atoms with Crippen molar-refractivity contribution >= 4 is 5.91 Å². The Morgan fingerprint density at radius 1 is 1.08 bits per heavy atom. The molecule has 1 amide bonds. The second-order valence-electron chi connectivity index (χ2n) is 5.43. The average molecular weight is 374 g/mol. The topological polar surface area (TPSA) is 51.2 Å². The van der Waals surface area contributed by atoms with Crippen molar-refractivity contribution in [3.05, 3.63) is 59.3 Å². The Morgan fingerprint density at radius 2 is 1.81 bits per heavy atom. The number of aromatic nitrogens is 1. The number of hydrogen-bond acceptors (Lipinski definition) is 3. The molecule has 140 valence electrons. The smallest absolute Gasteiger partial charge is 0.422 e. The van der Waals surface area contributed by atoms with Crippen LogP contribution >= 0.6 is 0 Å². The largest absolute Gasteiger partial charge is 0.468 e. The lowest BCUT2D eigenvalue weighted by atomic mass is 10.1. The van der Waals surface area contributed by atoms with E-state index in [1.807, 2.05) is 0 Å². The van der Waals surface area contributed by atoms with Gasteiger partial charge in [0.1, 0.15) is 0 Å². The number of nitrogens with one attached hydrogen (secondary N) is 1. The van der Waals surface area contributed by atoms with E-state index < -0.39 is 24.4 Å². The summed E-state index contributed by atoms with van der Waals surface area (Å²) in [6.07, 6.45) is -2.83. The molecule has 4 nitrogen and oxygen atoms in total. The maximum Gasteiger partial charge on any atom is 0.422 e. The molecule has 0 aliphatic heterocycles. The SMILES string of the molecule is O=C(CCc1ccc(F)c(F)c1)NCc1ccc(OCC(F)(F)F)nc1. The molecule has 0 aliphatic rings. The molecule has 0 unspecified atom stereocenters. The molecule has 0 saturated carbocycles. The number of alkyl halides is 3. The summed E-state index contributed by atoms with van der Waals surface area (Å²) in [5.41, 5.74) is 1.07. The first-order chi connectivity index (χ1) is 12.2. The lowest BCUT2D eigenvalue weighted by molar-refractivity contribution is -0.154. The summed E-state index contributed by atoms with van der Waals surface area (Å²) in [5.74, 6) is -2.40. The van der Waals surface area contributed by atoms with Crippen LogP contribution in [0.2, 0.25) is 0 Å². The zero-order chi connectivity index (χ0) is 19.2. The molecule has 1 aromatic carbocycles. The maximum atomic E-state index is 13.1. The molecule has 9 heteroatoms. The van der Waals surface area contributed by atoms with E-state index in [-0.39, 0.29) is 31.2 Å². The number of amides is 1. The van der Waals surface area contributed by atoms with Crippen molar-refractivity contribution in [1.29, 1.82) is 0 Å². The van der Waals surface area contributed by atoms with Gasteiger partial charge in [-0.2, -0.15) is 13.2 Å². The van der Waals surface area contributed by atoms with Crippen LogP contribution in [0.4, 0.5) is 22.0 Å². The minimum absolute atomic E-state index is 0.0747. The Kier molecular flexibility index (Phi) is 6.48. The summed E-state index contributed by atoms with van der Waals surface area (Å²) in [4.78, 5) is 15.5. The van der Waals surface area contributed by atoms with Gasteiger partial charge in [0.05, 0.1) is 0 Å². The van der Waals surface area contributed by atoms with Crippen molar-refractivity contribution in [3.63, 3.8) is 0 Å². The Bertz CT molecular complexity index is 748. The fourth-order valence-corrected chi connectivity index (χ4v) is 2.00. The van der Waals surface area contributed by atoms with Crippen molar-refractivity contribution in [2.24, 2.45) is 0 Å². The molecule has 0 radical (unpaired) electrons. The zero-order valence-electron chi connectivity index (χ0n) is 13.4. The van der Waals surface area contributed by atoms with E-state index in [2.05, 4.69) is 15.0 Å². The van der Waals surface area contributed by atoms with E-state index in [0.717, 1.165) is 12.1 Å². The van der Waals surface area contributed by atoms with Crippen LogP contribution in [0.15, 0.2) is 36.5 Å². The Labute approximate surface area is 146 Å². The van der Waals surface area contributed by atoms with Crippen molar-refractivity contribution in [2.75, 3.05) is 6.61 Å². The molecule has 0 aliphatic carbocycles. The maximum absolute atomic E-state index is 13.1. The normalized spacial score (nSPS) is 11.3. The third-order valence-electron chi connectivity index (χ3n) is 3.30. The molecule has 0 spiro atoms. The van der Waals surface area contributed by atoms with Crippen LogP contribution in [0.3, 0.4) is 0 Å². The van der Waals surface area contributed by atoms with Gasteiger partial charge in [-0.15, -0.1) is 0 Å². The van der Waals surface area contributed by atoms with E-state index in [1.165, 1.54) is 24.4 Å². The van der Waals surface area contributed by atoms with Gasteiger partial charge in [-0.1, -0.05) is 12.1 Å². The predicted molar refractivity (Wildman–Crippen MR) is 82.3 cm³/mol. The highest BCUT2D eigenvalue weighted by Gasteiger charge is 2.28. The first-order valence-electron chi connectivity index (χ1n) is 7.58. The van der Waals surface area contributed by atoms with Crippen molar-refractivity contribution in [3.8, 4) is 5.88 Å². The van der Waals surface area contributed by atoms with Crippen LogP contribution in [0.5, 0.6) is 5.88 Å². The molecule has 1 heterocycles. The van der Waals surface area contributed by atoms with E-state index in [1.54, 1.807) is 0 Å². The second kappa shape index (κ2) is 8.59. The molecule has 0 saturated heterocycles. The highest BCUT2D eigenvalue weighted by atomic mass is 19.4. The molecule has 2 rings (SSSR count). The van der Waals surface area contributed by atoms with E-state index >= 15 is 0 Å². The third-order valence-corrected chi connectivity index (χ3v) is 3.30. The average Bonchev–Trinajstić information content (AvgIpc) is 2.59. The predicted octanol–water partition coefficient (Wildman–Crippen LogP) is 3.55. The summed E-state index contributed by atoms with van der Waals surface area (Å²) < 4.78 is 66.4. The molecule has 0 bridgehead atoms. The van der Waals surface area contributed by atoms with Gasteiger partial charge in [0.25, 0.3) is 0 Å². The molecule has 1 aromatic heterocycles. The first kappa shape index (κ1) is 19.6. The van der Waals surface area contributed by atoms with Crippen LogP contribution in [-0.4, -0.2) is 23.7 Å². The van der Waals surface area contributed by atoms with Crippen molar-refractivity contribution < 1.29 is 31.5 Å². The van der Waals surface area contributed by atoms with Gasteiger partial charge >= 0.3 is 6.18 Å². The minimum Gasteiger partial charge on any atom is -0.468 e. The fraction of sp³-hybridized carbons (Fsp3) is 0.294. The van der Waals surface area contributed by atoms with Crippen LogP contribution in [-0.2, 0) is 17.8 Å². The van der Waals surface area contributed by atoms with Gasteiger partial charge in [0, 0.05) is 25.2 Å². The number of hydrogen-bond donors (Lipinski definition) is 1. The van der Waals surface area contributed by atoms with E-state index in [4.69, 9.17) is 0 Å². The summed E-state index contributed by atoms with van der Waals surface area (Å²) in [6, 6.07) is 6.18. The molecule has 2 aromatic rings. The molecular formula is C17H15F5N2O2. The number of ether oxygens (including phenoxy) is 1. The number of aryl methyl sites for hydroxylation is 1. The quantitative estimate of drug-likeness (QED) is 0.754. The Hall–Kier alpha value is -2.71. The van der Waals surface area contributed by atoms with Gasteiger partial charge in [-0.05, 0) is 29.7 Å². The minimum atomic E-state index is -4.44. The summed E-state index contributed by atoms with van der Waals surface area (Å²) in [6.45, 7) is -1.30. The van der Waals surface area contributed by atoms with Gasteiger partial charge < -0.3 is 10.1 Å². The third kappa shape index (κ3) is 6.66. The van der Waals surface area contributed by atoms with E-state index in [0.29, 0.717) is 11.1 Å². The number of nitrogens with zero attached hydrogens (tertiary/aromatic N) is 1.